The van der Waals surface area contributed by atoms with Gasteiger partial charge in [-0.05, 0) is 44.4 Å². The quantitative estimate of drug-likeness (QED) is 0.844. The maximum Gasteiger partial charge on any atom is 0.225 e. The second kappa shape index (κ2) is 9.19. The van der Waals surface area contributed by atoms with E-state index in [2.05, 4.69) is 10.5 Å². The largest absolute Gasteiger partial charge is 0.364 e. The van der Waals surface area contributed by atoms with Gasteiger partial charge in [-0.1, -0.05) is 24.4 Å². The third-order valence-corrected chi connectivity index (χ3v) is 5.91. The molecule has 0 saturated heterocycles. The van der Waals surface area contributed by atoms with Crippen molar-refractivity contribution >= 4 is 11.8 Å². The Labute approximate surface area is 155 Å². The van der Waals surface area contributed by atoms with Crippen LogP contribution in [0.5, 0.6) is 0 Å². The lowest BCUT2D eigenvalue weighted by atomic mass is 9.84. The van der Waals surface area contributed by atoms with Crippen molar-refractivity contribution in [1.82, 2.24) is 15.4 Å². The third-order valence-electron chi connectivity index (χ3n) is 5.91. The molecule has 0 aromatic carbocycles. The number of amides is 2. The van der Waals surface area contributed by atoms with Gasteiger partial charge in [-0.15, -0.1) is 0 Å². The Morgan fingerprint density at radius 2 is 1.88 bits per heavy atom. The van der Waals surface area contributed by atoms with Crippen LogP contribution < -0.4 is 5.32 Å². The third kappa shape index (κ3) is 5.32. The maximum absolute atomic E-state index is 12.6. The summed E-state index contributed by atoms with van der Waals surface area (Å²) in [4.78, 5) is 26.6. The predicted octanol–water partition coefficient (Wildman–Crippen LogP) is 3.28. The van der Waals surface area contributed by atoms with E-state index in [9.17, 15) is 9.59 Å². The van der Waals surface area contributed by atoms with Crippen LogP contribution in [0.2, 0.25) is 0 Å². The summed E-state index contributed by atoms with van der Waals surface area (Å²) in [6.07, 6.45) is 11.9. The maximum atomic E-state index is 12.6. The van der Waals surface area contributed by atoms with Gasteiger partial charge in [0, 0.05) is 31.5 Å². The number of carbonyl (C=O) groups is 2. The molecular weight excluding hydrogens is 330 g/mol. The van der Waals surface area contributed by atoms with E-state index in [-0.39, 0.29) is 23.8 Å². The molecule has 26 heavy (non-hydrogen) atoms. The van der Waals surface area contributed by atoms with Gasteiger partial charge in [0.2, 0.25) is 11.8 Å². The second-order valence-electron chi connectivity index (χ2n) is 8.01. The van der Waals surface area contributed by atoms with E-state index in [0.29, 0.717) is 18.9 Å². The molecule has 144 valence electrons. The summed E-state index contributed by atoms with van der Waals surface area (Å²) in [6, 6.07) is 2.01. The number of hydrogen-bond acceptors (Lipinski definition) is 4. The van der Waals surface area contributed by atoms with Crippen LogP contribution in [-0.4, -0.2) is 35.0 Å². The van der Waals surface area contributed by atoms with E-state index in [1.165, 1.54) is 38.4 Å². The van der Waals surface area contributed by atoms with E-state index in [1.54, 1.807) is 11.0 Å². The molecule has 0 radical (unpaired) electrons. The summed E-state index contributed by atoms with van der Waals surface area (Å²) in [5.74, 6) is 1.00. The van der Waals surface area contributed by atoms with Gasteiger partial charge < -0.3 is 14.7 Å². The van der Waals surface area contributed by atoms with Crippen LogP contribution in [0.1, 0.15) is 69.9 Å². The Hall–Kier alpha value is -1.85. The first-order valence-electron chi connectivity index (χ1n) is 10.1. The van der Waals surface area contributed by atoms with Crippen LogP contribution in [-0.2, 0) is 16.1 Å². The molecule has 1 heterocycles. The highest BCUT2D eigenvalue weighted by molar-refractivity contribution is 5.79. The van der Waals surface area contributed by atoms with Crippen LogP contribution >= 0.6 is 0 Å². The Balaban J connectivity index is 1.37. The van der Waals surface area contributed by atoms with Crippen molar-refractivity contribution in [3.8, 4) is 0 Å². The molecule has 0 aliphatic heterocycles. The fraction of sp³-hybridized carbons (Fsp3) is 0.750. The lowest BCUT2D eigenvalue weighted by Gasteiger charge is -2.31. The highest BCUT2D eigenvalue weighted by Crippen LogP contribution is 2.28. The Morgan fingerprint density at radius 3 is 2.54 bits per heavy atom. The zero-order valence-electron chi connectivity index (χ0n) is 15.8. The molecule has 2 fully saturated rings. The van der Waals surface area contributed by atoms with Gasteiger partial charge in [0.15, 0.2) is 0 Å². The topological polar surface area (TPSA) is 75.4 Å². The number of nitrogens with one attached hydrogen (secondary N) is 1. The van der Waals surface area contributed by atoms with E-state index in [1.807, 2.05) is 7.05 Å². The lowest BCUT2D eigenvalue weighted by Crippen LogP contribution is -2.41. The molecule has 2 aliphatic rings. The molecular formula is C20H31N3O3. The molecule has 2 saturated carbocycles. The standard InChI is InChI=1S/C20H31N3O3/c1-23(14-18-11-12-26-22-18)20(25)16-7-9-17(10-8-16)21-19(24)13-15-5-3-2-4-6-15/h11-12,15-17H,2-10,13-14H2,1H3,(H,21,24). The van der Waals surface area contributed by atoms with E-state index in [4.69, 9.17) is 4.52 Å². The van der Waals surface area contributed by atoms with Crippen LogP contribution in [0.15, 0.2) is 16.9 Å². The first kappa shape index (κ1) is 18.9. The SMILES string of the molecule is CN(Cc1ccon1)C(=O)C1CCC(NC(=O)CC2CCCCC2)CC1. The van der Waals surface area contributed by atoms with Crippen molar-refractivity contribution in [2.24, 2.45) is 11.8 Å². The van der Waals surface area contributed by atoms with E-state index < -0.39 is 0 Å². The van der Waals surface area contributed by atoms with Gasteiger partial charge in [0.05, 0.1) is 6.54 Å². The van der Waals surface area contributed by atoms with Gasteiger partial charge in [0.25, 0.3) is 0 Å². The molecule has 0 bridgehead atoms. The summed E-state index contributed by atoms with van der Waals surface area (Å²) < 4.78 is 4.82. The number of rotatable bonds is 6. The number of hydrogen-bond donors (Lipinski definition) is 1. The predicted molar refractivity (Wildman–Crippen MR) is 98.1 cm³/mol. The number of carbonyl (C=O) groups excluding carboxylic acids is 2. The summed E-state index contributed by atoms with van der Waals surface area (Å²) in [5, 5.41) is 7.06. The normalized spacial score (nSPS) is 24.2. The summed E-state index contributed by atoms with van der Waals surface area (Å²) >= 11 is 0. The van der Waals surface area contributed by atoms with Gasteiger partial charge >= 0.3 is 0 Å². The smallest absolute Gasteiger partial charge is 0.225 e. The van der Waals surface area contributed by atoms with Crippen LogP contribution in [0.3, 0.4) is 0 Å². The first-order valence-corrected chi connectivity index (χ1v) is 10.1. The van der Waals surface area contributed by atoms with Gasteiger partial charge in [-0.3, -0.25) is 9.59 Å². The van der Waals surface area contributed by atoms with Crippen molar-refractivity contribution in [3.05, 3.63) is 18.0 Å². The summed E-state index contributed by atoms with van der Waals surface area (Å²) in [7, 11) is 1.81. The van der Waals surface area contributed by atoms with Gasteiger partial charge in [-0.25, -0.2) is 0 Å². The molecule has 2 amide bonds. The second-order valence-corrected chi connectivity index (χ2v) is 8.01. The van der Waals surface area contributed by atoms with Gasteiger partial charge in [-0.2, -0.15) is 0 Å². The molecule has 6 nitrogen and oxygen atoms in total. The average Bonchev–Trinajstić information content (AvgIpc) is 3.15. The summed E-state index contributed by atoms with van der Waals surface area (Å²) in [5.41, 5.74) is 0.768. The highest BCUT2D eigenvalue weighted by atomic mass is 16.5. The fourth-order valence-electron chi connectivity index (χ4n) is 4.38. The molecule has 1 N–H and O–H groups in total. The zero-order chi connectivity index (χ0) is 18.4. The van der Waals surface area contributed by atoms with Crippen LogP contribution in [0.4, 0.5) is 0 Å². The molecule has 6 heteroatoms. The van der Waals surface area contributed by atoms with Gasteiger partial charge in [0.1, 0.15) is 12.0 Å². The van der Waals surface area contributed by atoms with Crippen molar-refractivity contribution in [2.75, 3.05) is 7.05 Å². The van der Waals surface area contributed by atoms with Crippen molar-refractivity contribution in [3.63, 3.8) is 0 Å². The van der Waals surface area contributed by atoms with Crippen LogP contribution in [0, 0.1) is 11.8 Å². The lowest BCUT2D eigenvalue weighted by molar-refractivity contribution is -0.136. The van der Waals surface area contributed by atoms with E-state index in [0.717, 1.165) is 31.4 Å². The average molecular weight is 361 g/mol. The molecule has 3 rings (SSSR count). The van der Waals surface area contributed by atoms with Crippen LogP contribution in [0.25, 0.3) is 0 Å². The minimum absolute atomic E-state index is 0.0541. The zero-order valence-corrected chi connectivity index (χ0v) is 15.8. The minimum atomic E-state index is 0.0541. The van der Waals surface area contributed by atoms with Crippen molar-refractivity contribution < 1.29 is 14.1 Å². The monoisotopic (exact) mass is 361 g/mol. The highest BCUT2D eigenvalue weighted by Gasteiger charge is 2.29. The Morgan fingerprint density at radius 1 is 1.15 bits per heavy atom. The molecule has 0 unspecified atom stereocenters. The Bertz CT molecular complexity index is 573. The molecule has 2 aliphatic carbocycles. The number of nitrogens with zero attached hydrogens (tertiary/aromatic N) is 2. The fourth-order valence-corrected chi connectivity index (χ4v) is 4.38. The molecule has 1 aromatic heterocycles. The molecule has 1 aromatic rings. The minimum Gasteiger partial charge on any atom is -0.364 e. The summed E-state index contributed by atoms with van der Waals surface area (Å²) in [6.45, 7) is 0.480. The van der Waals surface area contributed by atoms with Crippen molar-refractivity contribution in [1.29, 1.82) is 0 Å². The van der Waals surface area contributed by atoms with Crippen molar-refractivity contribution in [2.45, 2.75) is 76.8 Å². The number of aromatic nitrogens is 1. The molecule has 0 spiro atoms. The van der Waals surface area contributed by atoms with E-state index >= 15 is 0 Å². The Kier molecular flexibility index (Phi) is 6.69. The molecule has 0 atom stereocenters. The first-order chi connectivity index (χ1) is 12.6.